The third kappa shape index (κ3) is 7.12. The second kappa shape index (κ2) is 11.8. The summed E-state index contributed by atoms with van der Waals surface area (Å²) >= 11 is 0. The maximum absolute atomic E-state index is 12.9. The predicted octanol–water partition coefficient (Wildman–Crippen LogP) is 4.82. The Bertz CT molecular complexity index is 1020. The SMILES string of the molecule is OCCC#Cc1ccnc(NC2CCCC[C@H]2NC2CCCN(c3ccc(C(F)(F)F)cc3)C2)c1. The number of anilines is 2. The molecule has 0 radical (unpaired) electrons. The fraction of sp³-hybridized carbons (Fsp3) is 0.519. The topological polar surface area (TPSA) is 60.4 Å². The van der Waals surface area contributed by atoms with Gasteiger partial charge in [0.1, 0.15) is 5.82 Å². The van der Waals surface area contributed by atoms with Gasteiger partial charge in [-0.15, -0.1) is 0 Å². The Morgan fingerprint density at radius 2 is 1.80 bits per heavy atom. The molecule has 1 saturated heterocycles. The van der Waals surface area contributed by atoms with E-state index in [1.807, 2.05) is 12.1 Å². The summed E-state index contributed by atoms with van der Waals surface area (Å²) in [7, 11) is 0. The van der Waals surface area contributed by atoms with Crippen molar-refractivity contribution in [3.05, 3.63) is 53.7 Å². The zero-order valence-corrected chi connectivity index (χ0v) is 19.8. The maximum atomic E-state index is 12.9. The van der Waals surface area contributed by atoms with E-state index in [0.717, 1.165) is 62.3 Å². The molecule has 2 fully saturated rings. The van der Waals surface area contributed by atoms with Crippen LogP contribution in [0.1, 0.15) is 56.1 Å². The molecule has 3 N–H and O–H groups in total. The monoisotopic (exact) mass is 486 g/mol. The summed E-state index contributed by atoms with van der Waals surface area (Å²) in [5.41, 5.74) is 1.10. The molecule has 8 heteroatoms. The fourth-order valence-corrected chi connectivity index (χ4v) is 5.01. The Morgan fingerprint density at radius 3 is 2.54 bits per heavy atom. The molecule has 3 atom stereocenters. The third-order valence-electron chi connectivity index (χ3n) is 6.76. The number of nitrogens with one attached hydrogen (secondary N) is 2. The molecule has 5 nitrogen and oxygen atoms in total. The zero-order chi connectivity index (χ0) is 24.7. The summed E-state index contributed by atoms with van der Waals surface area (Å²) in [5, 5.41) is 16.4. The van der Waals surface area contributed by atoms with E-state index in [2.05, 4.69) is 32.4 Å². The smallest absolute Gasteiger partial charge is 0.395 e. The highest BCUT2D eigenvalue weighted by atomic mass is 19.4. The second-order valence-electron chi connectivity index (χ2n) is 9.34. The van der Waals surface area contributed by atoms with Gasteiger partial charge >= 0.3 is 6.18 Å². The van der Waals surface area contributed by atoms with Gasteiger partial charge < -0.3 is 20.6 Å². The van der Waals surface area contributed by atoms with Crippen LogP contribution in [0.4, 0.5) is 24.7 Å². The third-order valence-corrected chi connectivity index (χ3v) is 6.76. The number of nitrogens with zero attached hydrogens (tertiary/aromatic N) is 2. The molecule has 0 spiro atoms. The van der Waals surface area contributed by atoms with Crippen LogP contribution in [0.15, 0.2) is 42.6 Å². The summed E-state index contributed by atoms with van der Waals surface area (Å²) in [6, 6.07) is 10.1. The highest BCUT2D eigenvalue weighted by molar-refractivity contribution is 5.49. The zero-order valence-electron chi connectivity index (χ0n) is 19.8. The number of aromatic nitrogens is 1. The summed E-state index contributed by atoms with van der Waals surface area (Å²) in [6.45, 7) is 1.68. The molecule has 2 unspecified atom stereocenters. The van der Waals surface area contributed by atoms with Gasteiger partial charge in [-0.2, -0.15) is 13.2 Å². The van der Waals surface area contributed by atoms with Crippen molar-refractivity contribution < 1.29 is 18.3 Å². The van der Waals surface area contributed by atoms with Crippen molar-refractivity contribution in [2.75, 3.05) is 29.9 Å². The normalized spacial score (nSPS) is 22.9. The first kappa shape index (κ1) is 25.3. The first-order valence-corrected chi connectivity index (χ1v) is 12.4. The van der Waals surface area contributed by atoms with Crippen molar-refractivity contribution in [1.82, 2.24) is 10.3 Å². The number of halogens is 3. The average Bonchev–Trinajstić information content (AvgIpc) is 2.85. The van der Waals surface area contributed by atoms with Crippen molar-refractivity contribution in [2.24, 2.45) is 0 Å². The van der Waals surface area contributed by atoms with Gasteiger partial charge in [-0.25, -0.2) is 4.98 Å². The van der Waals surface area contributed by atoms with Gasteiger partial charge in [0, 0.05) is 55.1 Å². The minimum atomic E-state index is -4.31. The first-order valence-electron chi connectivity index (χ1n) is 12.4. The summed E-state index contributed by atoms with van der Waals surface area (Å²) < 4.78 is 38.8. The van der Waals surface area contributed by atoms with E-state index in [-0.39, 0.29) is 18.7 Å². The standard InChI is InChI=1S/C27H33F3N4O/c28-27(29,30)21-10-12-23(13-11-21)34-16-5-7-22(19-34)32-24-8-1-2-9-25(24)33-26-18-20(14-15-31-26)6-3-4-17-35/h10-15,18,22,24-25,32,35H,1-2,4-5,7-9,16-17,19H2,(H,31,33)/t22?,24-,25?/m1/s1. The Morgan fingerprint density at radius 1 is 1.03 bits per heavy atom. The van der Waals surface area contributed by atoms with Crippen molar-refractivity contribution in [1.29, 1.82) is 0 Å². The number of aliphatic hydroxyl groups is 1. The van der Waals surface area contributed by atoms with Crippen molar-refractivity contribution in [3.63, 3.8) is 0 Å². The number of piperidine rings is 1. The largest absolute Gasteiger partial charge is 0.416 e. The van der Waals surface area contributed by atoms with E-state index in [9.17, 15) is 13.2 Å². The fourth-order valence-electron chi connectivity index (χ4n) is 5.01. The van der Waals surface area contributed by atoms with Crippen molar-refractivity contribution in [3.8, 4) is 11.8 Å². The molecule has 2 heterocycles. The molecular weight excluding hydrogens is 453 g/mol. The molecule has 2 aliphatic rings. The molecular formula is C27H33F3N4O. The van der Waals surface area contributed by atoms with Gasteiger partial charge in [0.05, 0.1) is 12.2 Å². The van der Waals surface area contributed by atoms with E-state index in [0.29, 0.717) is 12.5 Å². The highest BCUT2D eigenvalue weighted by Gasteiger charge is 2.31. The second-order valence-corrected chi connectivity index (χ2v) is 9.34. The lowest BCUT2D eigenvalue weighted by molar-refractivity contribution is -0.137. The number of benzene rings is 1. The lowest BCUT2D eigenvalue weighted by Gasteiger charge is -2.40. The van der Waals surface area contributed by atoms with E-state index in [4.69, 9.17) is 5.11 Å². The maximum Gasteiger partial charge on any atom is 0.416 e. The minimum absolute atomic E-state index is 0.0517. The van der Waals surface area contributed by atoms with E-state index < -0.39 is 11.7 Å². The Labute approximate surface area is 205 Å². The highest BCUT2D eigenvalue weighted by Crippen LogP contribution is 2.31. The number of alkyl halides is 3. The van der Waals surface area contributed by atoms with Gasteiger partial charge in [-0.05, 0) is 62.1 Å². The molecule has 1 aromatic heterocycles. The Hall–Kier alpha value is -2.76. The lowest BCUT2D eigenvalue weighted by atomic mass is 9.89. The first-order chi connectivity index (χ1) is 16.9. The number of aliphatic hydroxyl groups excluding tert-OH is 1. The Balaban J connectivity index is 1.37. The molecule has 35 heavy (non-hydrogen) atoms. The molecule has 1 aromatic carbocycles. The average molecular weight is 487 g/mol. The lowest BCUT2D eigenvalue weighted by Crippen LogP contribution is -2.55. The molecule has 188 valence electrons. The predicted molar refractivity (Wildman–Crippen MR) is 132 cm³/mol. The number of hydrogen-bond acceptors (Lipinski definition) is 5. The van der Waals surface area contributed by atoms with Crippen LogP contribution in [0, 0.1) is 11.8 Å². The van der Waals surface area contributed by atoms with Gasteiger partial charge in [-0.3, -0.25) is 0 Å². The summed E-state index contributed by atoms with van der Waals surface area (Å²) in [6.07, 6.45) is 4.39. The number of hydrogen-bond donors (Lipinski definition) is 3. The van der Waals surface area contributed by atoms with Crippen LogP contribution in [-0.2, 0) is 6.18 Å². The van der Waals surface area contributed by atoms with Crippen LogP contribution >= 0.6 is 0 Å². The van der Waals surface area contributed by atoms with Crippen LogP contribution in [0.2, 0.25) is 0 Å². The molecule has 1 saturated carbocycles. The molecule has 0 amide bonds. The van der Waals surface area contributed by atoms with Gasteiger partial charge in [0.2, 0.25) is 0 Å². The molecule has 1 aliphatic carbocycles. The van der Waals surface area contributed by atoms with Crippen LogP contribution in [0.3, 0.4) is 0 Å². The van der Waals surface area contributed by atoms with E-state index in [1.54, 1.807) is 18.3 Å². The molecule has 4 rings (SSSR count). The van der Waals surface area contributed by atoms with Crippen LogP contribution < -0.4 is 15.5 Å². The van der Waals surface area contributed by atoms with Crippen LogP contribution in [0.5, 0.6) is 0 Å². The number of pyridine rings is 1. The minimum Gasteiger partial charge on any atom is -0.395 e. The van der Waals surface area contributed by atoms with Gasteiger partial charge in [0.25, 0.3) is 0 Å². The Kier molecular flexibility index (Phi) is 8.53. The van der Waals surface area contributed by atoms with Crippen molar-refractivity contribution >= 4 is 11.5 Å². The molecule has 0 bridgehead atoms. The van der Waals surface area contributed by atoms with Crippen LogP contribution in [0.25, 0.3) is 0 Å². The van der Waals surface area contributed by atoms with E-state index in [1.165, 1.54) is 18.6 Å². The van der Waals surface area contributed by atoms with Gasteiger partial charge in [-0.1, -0.05) is 24.7 Å². The van der Waals surface area contributed by atoms with Crippen molar-refractivity contribution in [2.45, 2.75) is 69.2 Å². The summed E-state index contributed by atoms with van der Waals surface area (Å²) in [4.78, 5) is 6.66. The van der Waals surface area contributed by atoms with Gasteiger partial charge in [0.15, 0.2) is 0 Å². The molecule has 2 aromatic rings. The van der Waals surface area contributed by atoms with Crippen LogP contribution in [-0.4, -0.2) is 47.9 Å². The number of rotatable bonds is 6. The molecule has 1 aliphatic heterocycles. The van der Waals surface area contributed by atoms with E-state index >= 15 is 0 Å². The summed E-state index contributed by atoms with van der Waals surface area (Å²) in [5.74, 6) is 6.80. The quantitative estimate of drug-likeness (QED) is 0.512.